The van der Waals surface area contributed by atoms with Crippen molar-refractivity contribution < 1.29 is 37.3 Å². The van der Waals surface area contributed by atoms with E-state index in [-0.39, 0.29) is 24.9 Å². The van der Waals surface area contributed by atoms with E-state index in [1.165, 1.54) is 122 Å². The van der Waals surface area contributed by atoms with E-state index < -0.39 is 26.6 Å². The van der Waals surface area contributed by atoms with Crippen molar-refractivity contribution in [3.63, 3.8) is 0 Å². The van der Waals surface area contributed by atoms with Crippen LogP contribution in [0.25, 0.3) is 0 Å². The minimum absolute atomic E-state index is 0.0277. The van der Waals surface area contributed by atoms with Gasteiger partial charge in [-0.05, 0) is 102 Å². The lowest BCUT2D eigenvalue weighted by atomic mass is 10.0. The highest BCUT2D eigenvalue weighted by atomic mass is 31.2. The first kappa shape index (κ1) is 76.9. The molecule has 0 saturated carbocycles. The Morgan fingerprint density at radius 2 is 0.800 bits per heavy atom. The summed E-state index contributed by atoms with van der Waals surface area (Å²) in [6.07, 6.45) is 79.5. The number of amides is 1. The van der Waals surface area contributed by atoms with Gasteiger partial charge in [0.2, 0.25) is 5.91 Å². The molecule has 3 unspecified atom stereocenters. The van der Waals surface area contributed by atoms with Crippen LogP contribution in [0.4, 0.5) is 0 Å². The van der Waals surface area contributed by atoms with Crippen molar-refractivity contribution in [1.29, 1.82) is 0 Å². The molecule has 0 spiro atoms. The van der Waals surface area contributed by atoms with Crippen LogP contribution in [0.15, 0.2) is 97.2 Å². The fourth-order valence-corrected chi connectivity index (χ4v) is 9.96. The van der Waals surface area contributed by atoms with Crippen LogP contribution in [0.3, 0.4) is 0 Å². The summed E-state index contributed by atoms with van der Waals surface area (Å²) in [5, 5.41) is 3.03. The first-order valence-corrected chi connectivity index (χ1v) is 34.5. The zero-order valence-corrected chi connectivity index (χ0v) is 53.7. The molecule has 10 heteroatoms. The number of ether oxygens (including phenoxy) is 1. The Hall–Kier alpha value is -3.07. The van der Waals surface area contributed by atoms with Crippen molar-refractivity contribution >= 4 is 19.7 Å². The van der Waals surface area contributed by atoms with Gasteiger partial charge < -0.3 is 28.5 Å². The topological polar surface area (TPSA) is 114 Å². The Kier molecular flexibility index (Phi) is 56.8. The van der Waals surface area contributed by atoms with Crippen molar-refractivity contribution in [2.24, 2.45) is 0 Å². The normalized spacial score (nSPS) is 14.2. The first-order chi connectivity index (χ1) is 38.9. The molecule has 1 N–H and O–H groups in total. The van der Waals surface area contributed by atoms with Gasteiger partial charge in [0.15, 0.2) is 0 Å². The number of quaternary nitrogens is 1. The molecular weight excluding hydrogens is 1010 g/mol. The number of hydrogen-bond acceptors (Lipinski definition) is 7. The predicted molar refractivity (Wildman–Crippen MR) is 344 cm³/mol. The summed E-state index contributed by atoms with van der Waals surface area (Å²) < 4.78 is 30.4. The van der Waals surface area contributed by atoms with Gasteiger partial charge in [-0.2, -0.15) is 0 Å². The van der Waals surface area contributed by atoms with Crippen LogP contribution in [0, 0.1) is 0 Å². The van der Waals surface area contributed by atoms with Crippen LogP contribution in [-0.4, -0.2) is 69.4 Å². The van der Waals surface area contributed by atoms with Crippen molar-refractivity contribution in [1.82, 2.24) is 5.32 Å². The number of esters is 1. The summed E-state index contributed by atoms with van der Waals surface area (Å²) in [4.78, 5) is 40.1. The predicted octanol–water partition coefficient (Wildman–Crippen LogP) is 20.1. The second-order valence-electron chi connectivity index (χ2n) is 23.2. The largest absolute Gasteiger partial charge is 0.756 e. The van der Waals surface area contributed by atoms with E-state index in [1.54, 1.807) is 0 Å². The number of hydrogen-bond donors (Lipinski definition) is 1. The van der Waals surface area contributed by atoms with Crippen molar-refractivity contribution in [2.75, 3.05) is 40.9 Å². The van der Waals surface area contributed by atoms with Gasteiger partial charge in [-0.3, -0.25) is 14.2 Å². The molecule has 0 aromatic carbocycles. The Morgan fingerprint density at radius 1 is 0.450 bits per heavy atom. The van der Waals surface area contributed by atoms with Crippen molar-refractivity contribution in [3.8, 4) is 0 Å². The molecule has 0 fully saturated rings. The summed E-state index contributed by atoms with van der Waals surface area (Å²) in [5.74, 6) is -0.553. The molecule has 0 saturated heterocycles. The summed E-state index contributed by atoms with van der Waals surface area (Å²) in [7, 11) is 1.17. The van der Waals surface area contributed by atoms with Gasteiger partial charge in [0.25, 0.3) is 7.82 Å². The van der Waals surface area contributed by atoms with Crippen LogP contribution in [0.1, 0.15) is 284 Å². The third kappa shape index (κ3) is 59.5. The van der Waals surface area contributed by atoms with E-state index in [9.17, 15) is 19.0 Å². The molecule has 1 amide bonds. The molecule has 0 rings (SSSR count). The fraction of sp³-hybridized carbons (Fsp3) is 0.743. The minimum Gasteiger partial charge on any atom is -0.756 e. The zero-order valence-electron chi connectivity index (χ0n) is 52.8. The van der Waals surface area contributed by atoms with Crippen LogP contribution in [0.2, 0.25) is 0 Å². The quantitative estimate of drug-likeness (QED) is 0.0212. The second-order valence-corrected chi connectivity index (χ2v) is 24.6. The lowest BCUT2D eigenvalue weighted by Crippen LogP contribution is -2.47. The van der Waals surface area contributed by atoms with Crippen LogP contribution in [-0.2, 0) is 27.9 Å². The number of unbranched alkanes of at least 4 members (excludes halogenated alkanes) is 29. The summed E-state index contributed by atoms with van der Waals surface area (Å²) in [6.45, 7) is 6.63. The number of rotatable bonds is 59. The van der Waals surface area contributed by atoms with Crippen LogP contribution in [0.5, 0.6) is 0 Å². The Labute approximate surface area is 494 Å². The number of carbonyl (C=O) groups is 2. The SMILES string of the molecule is CC/C=C\C/C=C\C/C=C\C/C=C\C/C=C\CCCCCCCCCCCCCC(=O)NC(COP(=O)([O-])OCC[N+](C)(C)C)C(/C=C\CCCCCCCCCCCCC)OC(=O)CCCCCCCCC/C=C/C/C=C/CC. The molecule has 0 aromatic heterocycles. The minimum atomic E-state index is -4.71. The van der Waals surface area contributed by atoms with E-state index in [0.29, 0.717) is 17.4 Å². The lowest BCUT2D eigenvalue weighted by Gasteiger charge is -2.30. The Morgan fingerprint density at radius 3 is 1.20 bits per heavy atom. The third-order valence-electron chi connectivity index (χ3n) is 14.3. The number of phosphoric ester groups is 1. The average molecular weight is 1140 g/mol. The smallest absolute Gasteiger partial charge is 0.306 e. The summed E-state index contributed by atoms with van der Waals surface area (Å²) in [5.41, 5.74) is 0. The molecule has 0 aliphatic rings. The fourth-order valence-electron chi connectivity index (χ4n) is 9.23. The van der Waals surface area contributed by atoms with E-state index in [4.69, 9.17) is 13.8 Å². The van der Waals surface area contributed by atoms with E-state index >= 15 is 0 Å². The molecule has 80 heavy (non-hydrogen) atoms. The van der Waals surface area contributed by atoms with Gasteiger partial charge >= 0.3 is 5.97 Å². The van der Waals surface area contributed by atoms with Crippen LogP contribution >= 0.6 is 7.82 Å². The molecule has 9 nitrogen and oxygen atoms in total. The van der Waals surface area contributed by atoms with Gasteiger partial charge in [0.1, 0.15) is 19.3 Å². The maximum atomic E-state index is 13.6. The van der Waals surface area contributed by atoms with Gasteiger partial charge in [-0.25, -0.2) is 0 Å². The number of nitrogens with zero attached hydrogens (tertiary/aromatic N) is 1. The van der Waals surface area contributed by atoms with Gasteiger partial charge in [-0.15, -0.1) is 0 Å². The van der Waals surface area contributed by atoms with Crippen LogP contribution < -0.4 is 10.2 Å². The summed E-state index contributed by atoms with van der Waals surface area (Å²) in [6, 6.07) is -0.898. The van der Waals surface area contributed by atoms with E-state index in [1.807, 2.05) is 33.3 Å². The second kappa shape index (κ2) is 59.1. The van der Waals surface area contributed by atoms with Crippen molar-refractivity contribution in [3.05, 3.63) is 97.2 Å². The molecule has 0 heterocycles. The Balaban J connectivity index is 5.10. The number of allylic oxidation sites excluding steroid dienone is 15. The average Bonchev–Trinajstić information content (AvgIpc) is 3.42. The molecule has 0 aliphatic carbocycles. The number of likely N-dealkylation sites (N-methyl/N-ethyl adjacent to an activating group) is 1. The molecule has 0 aromatic rings. The van der Waals surface area contributed by atoms with Crippen molar-refractivity contribution in [2.45, 2.75) is 296 Å². The van der Waals surface area contributed by atoms with Gasteiger partial charge in [0, 0.05) is 12.8 Å². The summed E-state index contributed by atoms with van der Waals surface area (Å²) >= 11 is 0. The molecule has 0 aliphatic heterocycles. The number of carbonyl (C=O) groups excluding carboxylic acids is 2. The highest BCUT2D eigenvalue weighted by Crippen LogP contribution is 2.38. The third-order valence-corrected chi connectivity index (χ3v) is 15.2. The maximum absolute atomic E-state index is 13.6. The standard InChI is InChI=1S/C70H125N2O7P/c1-7-10-13-16-19-22-25-28-30-31-32-33-34-35-36-37-38-39-40-41-42-44-47-50-53-56-59-62-69(73)71-67(66-78-80(75,76)77-65-64-72(4,5)6)68(61-58-55-52-49-46-43-27-24-21-18-15-12-9-3)79-70(74)63-60-57-54-51-48-45-29-26-23-20-17-14-11-8-2/h10-11,13-14,19-20,22-23,28,30,32-33,35-36,58,61,67-68H,7-9,12,15-18,21,24-27,29,31,34,37-57,59-60,62-66H2,1-6H3,(H-,71,73,75,76)/b13-10-,14-11+,22-19-,23-20+,30-28-,33-32-,36-35-,61-58-. The van der Waals surface area contributed by atoms with E-state index in [0.717, 1.165) is 128 Å². The Bertz CT molecular complexity index is 1690. The lowest BCUT2D eigenvalue weighted by molar-refractivity contribution is -0.870. The van der Waals surface area contributed by atoms with Gasteiger partial charge in [0.05, 0.1) is 33.8 Å². The molecule has 0 radical (unpaired) electrons. The molecule has 3 atom stereocenters. The van der Waals surface area contributed by atoms with E-state index in [2.05, 4.69) is 111 Å². The highest BCUT2D eigenvalue weighted by Gasteiger charge is 2.27. The highest BCUT2D eigenvalue weighted by molar-refractivity contribution is 7.45. The first-order valence-electron chi connectivity index (χ1n) is 33.0. The molecular formula is C70H125N2O7P. The number of phosphoric acid groups is 1. The molecule has 462 valence electrons. The maximum Gasteiger partial charge on any atom is 0.306 e. The van der Waals surface area contributed by atoms with Gasteiger partial charge in [-0.1, -0.05) is 266 Å². The number of nitrogens with one attached hydrogen (secondary N) is 1. The molecule has 0 bridgehead atoms. The monoisotopic (exact) mass is 1140 g/mol. The zero-order chi connectivity index (χ0) is 58.6.